The van der Waals surface area contributed by atoms with Gasteiger partial charge in [0, 0.05) is 0 Å². The lowest BCUT2D eigenvalue weighted by atomic mass is 10.1. The topological polar surface area (TPSA) is 44.8 Å². The molecule has 0 aliphatic heterocycles. The van der Waals surface area contributed by atoms with Gasteiger partial charge in [-0.05, 0) is 28.9 Å². The minimum atomic E-state index is -0.0986. The number of ether oxygens (including phenoxy) is 3. The van der Waals surface area contributed by atoms with E-state index in [0.717, 1.165) is 0 Å². The van der Waals surface area contributed by atoms with Crippen LogP contribution >= 0.6 is 15.9 Å². The predicted octanol–water partition coefficient (Wildman–Crippen LogP) is 2.68. The Morgan fingerprint density at radius 1 is 1.12 bits per heavy atom. The first-order chi connectivity index (χ1) is 7.56. The average Bonchev–Trinajstić information content (AvgIpc) is 2.27. The fourth-order valence-corrected chi connectivity index (χ4v) is 2.13. The van der Waals surface area contributed by atoms with E-state index >= 15 is 0 Å². The predicted molar refractivity (Wildman–Crippen MR) is 63.8 cm³/mol. The number of methoxy groups -OCH3 is 3. The van der Waals surface area contributed by atoms with Gasteiger partial charge in [0.25, 0.3) is 0 Å². The molecule has 0 radical (unpaired) electrons. The van der Waals surface area contributed by atoms with Gasteiger partial charge in [-0.25, -0.2) is 0 Å². The third-order valence-electron chi connectivity index (χ3n) is 2.15. The molecule has 0 unspecified atom stereocenters. The third kappa shape index (κ3) is 2.14. The molecule has 4 nitrogen and oxygen atoms in total. The summed E-state index contributed by atoms with van der Waals surface area (Å²) in [6.07, 6.45) is 0. The lowest BCUT2D eigenvalue weighted by molar-refractivity contribution is 0.101. The van der Waals surface area contributed by atoms with Crippen LogP contribution in [0.2, 0.25) is 0 Å². The molecular weight excluding hydrogens is 276 g/mol. The molecule has 1 aromatic carbocycles. The Bertz CT molecular complexity index is 415. The summed E-state index contributed by atoms with van der Waals surface area (Å²) >= 11 is 3.33. The van der Waals surface area contributed by atoms with Crippen molar-refractivity contribution in [3.8, 4) is 17.2 Å². The van der Waals surface area contributed by atoms with Crippen LogP contribution in [0.1, 0.15) is 17.3 Å². The van der Waals surface area contributed by atoms with Crippen LogP contribution in [0.15, 0.2) is 10.5 Å². The third-order valence-corrected chi connectivity index (χ3v) is 2.87. The van der Waals surface area contributed by atoms with Crippen LogP contribution in [0.3, 0.4) is 0 Å². The zero-order chi connectivity index (χ0) is 12.3. The summed E-state index contributed by atoms with van der Waals surface area (Å²) in [5.41, 5.74) is 0.451. The van der Waals surface area contributed by atoms with Gasteiger partial charge < -0.3 is 14.2 Å². The van der Waals surface area contributed by atoms with E-state index in [1.54, 1.807) is 6.07 Å². The Morgan fingerprint density at radius 3 is 2.06 bits per heavy atom. The van der Waals surface area contributed by atoms with E-state index < -0.39 is 0 Å². The number of rotatable bonds is 4. The monoisotopic (exact) mass is 288 g/mol. The first-order valence-electron chi connectivity index (χ1n) is 4.56. The second-order valence-electron chi connectivity index (χ2n) is 3.06. The van der Waals surface area contributed by atoms with Gasteiger partial charge in [-0.3, -0.25) is 4.79 Å². The SMILES string of the molecule is COc1cc(C(C)=O)c(OC)c(Br)c1OC. The van der Waals surface area contributed by atoms with Crippen LogP contribution in [0.4, 0.5) is 0 Å². The summed E-state index contributed by atoms with van der Waals surface area (Å²) in [4.78, 5) is 11.4. The number of ketones is 1. The quantitative estimate of drug-likeness (QED) is 0.799. The van der Waals surface area contributed by atoms with E-state index in [2.05, 4.69) is 15.9 Å². The number of halogens is 1. The van der Waals surface area contributed by atoms with E-state index in [1.807, 2.05) is 0 Å². The van der Waals surface area contributed by atoms with Gasteiger partial charge in [0.05, 0.1) is 26.9 Å². The fraction of sp³-hybridized carbons (Fsp3) is 0.364. The molecule has 0 aromatic heterocycles. The normalized spacial score (nSPS) is 9.81. The van der Waals surface area contributed by atoms with Crippen molar-refractivity contribution in [3.63, 3.8) is 0 Å². The van der Waals surface area contributed by atoms with Crippen LogP contribution in [-0.4, -0.2) is 27.1 Å². The van der Waals surface area contributed by atoms with Crippen molar-refractivity contribution in [3.05, 3.63) is 16.1 Å². The number of Topliss-reactive ketones (excluding diaryl/α,β-unsaturated/α-hetero) is 1. The van der Waals surface area contributed by atoms with Gasteiger partial charge in [-0.15, -0.1) is 0 Å². The molecule has 0 heterocycles. The summed E-state index contributed by atoms with van der Waals surface area (Å²) in [6.45, 7) is 1.47. The van der Waals surface area contributed by atoms with Gasteiger partial charge in [0.1, 0.15) is 10.2 Å². The van der Waals surface area contributed by atoms with Crippen LogP contribution in [0.5, 0.6) is 17.2 Å². The Labute approximate surface area is 103 Å². The number of carbonyl (C=O) groups excluding carboxylic acids is 1. The highest BCUT2D eigenvalue weighted by Gasteiger charge is 2.20. The van der Waals surface area contributed by atoms with Gasteiger partial charge in [0.15, 0.2) is 17.3 Å². The zero-order valence-corrected chi connectivity index (χ0v) is 11.2. The minimum absolute atomic E-state index is 0.0986. The lowest BCUT2D eigenvalue weighted by Crippen LogP contribution is -2.02. The Balaban J connectivity index is 3.54. The van der Waals surface area contributed by atoms with Crippen molar-refractivity contribution < 1.29 is 19.0 Å². The lowest BCUT2D eigenvalue weighted by Gasteiger charge is -2.15. The standard InChI is InChI=1S/C11H13BrO4/c1-6(13)7-5-8(14-2)11(16-4)9(12)10(7)15-3/h5H,1-4H3. The molecule has 0 fully saturated rings. The second kappa shape index (κ2) is 5.21. The van der Waals surface area contributed by atoms with E-state index in [-0.39, 0.29) is 5.78 Å². The molecule has 0 spiro atoms. The van der Waals surface area contributed by atoms with Gasteiger partial charge in [0.2, 0.25) is 0 Å². The van der Waals surface area contributed by atoms with E-state index in [9.17, 15) is 4.79 Å². The van der Waals surface area contributed by atoms with Crippen molar-refractivity contribution in [2.75, 3.05) is 21.3 Å². The molecule has 0 saturated heterocycles. The molecule has 0 aliphatic carbocycles. The van der Waals surface area contributed by atoms with Crippen molar-refractivity contribution in [2.45, 2.75) is 6.92 Å². The molecule has 88 valence electrons. The van der Waals surface area contributed by atoms with Crippen LogP contribution < -0.4 is 14.2 Å². The molecule has 5 heteroatoms. The molecule has 0 atom stereocenters. The van der Waals surface area contributed by atoms with Crippen molar-refractivity contribution >= 4 is 21.7 Å². The van der Waals surface area contributed by atoms with E-state index in [0.29, 0.717) is 27.3 Å². The van der Waals surface area contributed by atoms with Gasteiger partial charge in [-0.2, -0.15) is 0 Å². The smallest absolute Gasteiger partial charge is 0.178 e. The minimum Gasteiger partial charge on any atom is -0.495 e. The fourth-order valence-electron chi connectivity index (χ4n) is 1.39. The van der Waals surface area contributed by atoms with Crippen molar-refractivity contribution in [1.29, 1.82) is 0 Å². The maximum absolute atomic E-state index is 11.4. The molecule has 1 rings (SSSR count). The highest BCUT2D eigenvalue weighted by atomic mass is 79.9. The number of carbonyl (C=O) groups is 1. The highest BCUT2D eigenvalue weighted by Crippen LogP contribution is 2.44. The van der Waals surface area contributed by atoms with Gasteiger partial charge in [-0.1, -0.05) is 0 Å². The summed E-state index contributed by atoms with van der Waals surface area (Å²) in [6, 6.07) is 1.60. The Hall–Kier alpha value is -1.23. The molecule has 0 bridgehead atoms. The first kappa shape index (κ1) is 12.8. The highest BCUT2D eigenvalue weighted by molar-refractivity contribution is 9.10. The molecule has 0 amide bonds. The average molecular weight is 289 g/mol. The second-order valence-corrected chi connectivity index (χ2v) is 3.86. The summed E-state index contributed by atoms with van der Waals surface area (Å²) in [5, 5.41) is 0. The van der Waals surface area contributed by atoms with Crippen molar-refractivity contribution in [1.82, 2.24) is 0 Å². The van der Waals surface area contributed by atoms with Gasteiger partial charge >= 0.3 is 0 Å². The zero-order valence-electron chi connectivity index (χ0n) is 9.59. The van der Waals surface area contributed by atoms with E-state index in [4.69, 9.17) is 14.2 Å². The molecule has 16 heavy (non-hydrogen) atoms. The number of benzene rings is 1. The molecule has 0 aliphatic rings. The van der Waals surface area contributed by atoms with Crippen LogP contribution in [-0.2, 0) is 0 Å². The summed E-state index contributed by atoms with van der Waals surface area (Å²) < 4.78 is 16.1. The Morgan fingerprint density at radius 2 is 1.69 bits per heavy atom. The van der Waals surface area contributed by atoms with Crippen LogP contribution in [0.25, 0.3) is 0 Å². The van der Waals surface area contributed by atoms with Crippen molar-refractivity contribution in [2.24, 2.45) is 0 Å². The summed E-state index contributed by atoms with van der Waals surface area (Å²) in [5.74, 6) is 1.34. The molecular formula is C11H13BrO4. The summed E-state index contributed by atoms with van der Waals surface area (Å²) in [7, 11) is 4.54. The molecule has 0 saturated carbocycles. The maximum Gasteiger partial charge on any atom is 0.178 e. The first-order valence-corrected chi connectivity index (χ1v) is 5.35. The van der Waals surface area contributed by atoms with E-state index in [1.165, 1.54) is 28.3 Å². The molecule has 1 aromatic rings. The number of hydrogen-bond acceptors (Lipinski definition) is 4. The maximum atomic E-state index is 11.4. The number of hydrogen-bond donors (Lipinski definition) is 0. The Kier molecular flexibility index (Phi) is 4.18. The van der Waals surface area contributed by atoms with Crippen LogP contribution in [0, 0.1) is 0 Å². The largest absolute Gasteiger partial charge is 0.495 e. The molecule has 0 N–H and O–H groups in total.